The summed E-state index contributed by atoms with van der Waals surface area (Å²) in [6, 6.07) is 0. The number of carbonyl (C=O) groups is 3. The van der Waals surface area contributed by atoms with E-state index in [1.54, 1.807) is 6.08 Å². The molecule has 2 N–H and O–H groups in total. The number of hydrogen-bond donors (Lipinski definition) is 2. The Bertz CT molecular complexity index is 864. The topological polar surface area (TPSA) is 106 Å². The summed E-state index contributed by atoms with van der Waals surface area (Å²) in [6.45, 7) is 5.17. The molecule has 1 aromatic heterocycles. The van der Waals surface area contributed by atoms with E-state index in [4.69, 9.17) is 9.72 Å². The second kappa shape index (κ2) is 8.08. The van der Waals surface area contributed by atoms with Crippen molar-refractivity contribution < 1.29 is 19.1 Å². The van der Waals surface area contributed by atoms with Crippen LogP contribution in [0, 0.1) is 0 Å². The number of nitrogens with zero attached hydrogens (tertiary/aromatic N) is 3. The molecule has 1 unspecified atom stereocenters. The van der Waals surface area contributed by atoms with Gasteiger partial charge in [-0.15, -0.1) is 0 Å². The van der Waals surface area contributed by atoms with Crippen LogP contribution in [0.2, 0.25) is 0 Å². The number of piperazine rings is 1. The van der Waals surface area contributed by atoms with Crippen LogP contribution < -0.4 is 10.6 Å². The fraction of sp³-hybridized carbons (Fsp3) is 0.600. The first kappa shape index (κ1) is 19.8. The van der Waals surface area contributed by atoms with Crippen LogP contribution in [0.25, 0.3) is 6.08 Å². The molecule has 1 atom stereocenters. The predicted molar refractivity (Wildman–Crippen MR) is 105 cm³/mol. The molecule has 156 valence electrons. The van der Waals surface area contributed by atoms with Crippen molar-refractivity contribution in [2.45, 2.75) is 51.6 Å². The molecule has 1 aromatic rings. The molecule has 1 aliphatic carbocycles. The lowest BCUT2D eigenvalue weighted by Crippen LogP contribution is -2.51. The van der Waals surface area contributed by atoms with E-state index in [9.17, 15) is 14.4 Å². The molecule has 0 spiro atoms. The second-order valence-electron chi connectivity index (χ2n) is 7.75. The van der Waals surface area contributed by atoms with Crippen molar-refractivity contribution >= 4 is 23.8 Å². The van der Waals surface area contributed by atoms with Crippen LogP contribution in [-0.2, 0) is 25.5 Å². The summed E-state index contributed by atoms with van der Waals surface area (Å²) < 4.78 is 7.90. The first-order chi connectivity index (χ1) is 14.0. The summed E-state index contributed by atoms with van der Waals surface area (Å²) in [4.78, 5) is 42.3. The normalized spacial score (nSPS) is 24.1. The third-order valence-electron chi connectivity index (χ3n) is 5.41. The predicted octanol–water partition coefficient (Wildman–Crippen LogP) is 0.677. The van der Waals surface area contributed by atoms with Gasteiger partial charge in [-0.1, -0.05) is 6.92 Å². The standard InChI is InChI=1S/C20H27N5O4/c1-3-4-16-22-14(9-15-20(28)24(12(2)26)10-18(27)23-15)19(13-5-6-13)25(16)17-11-29-8-7-21-17/h9,13,17,21H,3-8,10-11H2,1-2H3,(H,23,27). The van der Waals surface area contributed by atoms with E-state index < -0.39 is 11.8 Å². The quantitative estimate of drug-likeness (QED) is 0.703. The van der Waals surface area contributed by atoms with Crippen LogP contribution in [0.5, 0.6) is 0 Å². The van der Waals surface area contributed by atoms with Gasteiger partial charge >= 0.3 is 0 Å². The molecule has 0 radical (unpaired) electrons. The molecule has 3 amide bonds. The minimum atomic E-state index is -0.496. The Kier molecular flexibility index (Phi) is 5.51. The average Bonchev–Trinajstić information content (AvgIpc) is 3.47. The number of imide groups is 1. The van der Waals surface area contributed by atoms with E-state index in [0.717, 1.165) is 48.6 Å². The van der Waals surface area contributed by atoms with E-state index >= 15 is 0 Å². The number of carbonyl (C=O) groups excluding carboxylic acids is 3. The van der Waals surface area contributed by atoms with E-state index in [1.807, 2.05) is 0 Å². The molecule has 29 heavy (non-hydrogen) atoms. The van der Waals surface area contributed by atoms with Gasteiger partial charge in [0.25, 0.3) is 5.91 Å². The van der Waals surface area contributed by atoms with Gasteiger partial charge in [-0.25, -0.2) is 4.98 Å². The van der Waals surface area contributed by atoms with Crippen molar-refractivity contribution in [3.8, 4) is 0 Å². The second-order valence-corrected chi connectivity index (χ2v) is 7.75. The van der Waals surface area contributed by atoms with E-state index in [1.165, 1.54) is 6.92 Å². The van der Waals surface area contributed by atoms with Gasteiger partial charge in [0.1, 0.15) is 24.2 Å². The number of aryl methyl sites for hydroxylation is 1. The molecule has 2 aliphatic heterocycles. The molecule has 0 aromatic carbocycles. The lowest BCUT2D eigenvalue weighted by Gasteiger charge is -2.28. The molecule has 3 aliphatic rings. The highest BCUT2D eigenvalue weighted by atomic mass is 16.5. The highest BCUT2D eigenvalue weighted by molar-refractivity contribution is 6.12. The molecule has 3 heterocycles. The number of ether oxygens (including phenoxy) is 1. The third kappa shape index (κ3) is 3.97. The number of morpholine rings is 1. The molecular weight excluding hydrogens is 374 g/mol. The number of aromatic nitrogens is 2. The Hall–Kier alpha value is -2.52. The van der Waals surface area contributed by atoms with Crippen LogP contribution in [0.15, 0.2) is 5.70 Å². The molecule has 9 heteroatoms. The van der Waals surface area contributed by atoms with Gasteiger partial charge in [-0.3, -0.25) is 24.6 Å². The average molecular weight is 401 g/mol. The summed E-state index contributed by atoms with van der Waals surface area (Å²) in [5.74, 6) is 0.00214. The first-order valence-electron chi connectivity index (χ1n) is 10.3. The van der Waals surface area contributed by atoms with Crippen molar-refractivity contribution in [1.82, 2.24) is 25.1 Å². The van der Waals surface area contributed by atoms with Gasteiger partial charge in [-0.05, 0) is 25.3 Å². The van der Waals surface area contributed by atoms with Crippen LogP contribution in [0.1, 0.15) is 62.4 Å². The summed E-state index contributed by atoms with van der Waals surface area (Å²) >= 11 is 0. The van der Waals surface area contributed by atoms with Crippen LogP contribution in [0.3, 0.4) is 0 Å². The maximum atomic E-state index is 12.7. The Labute approximate surface area is 169 Å². The number of amides is 3. The molecular formula is C20H27N5O4. The fourth-order valence-electron chi connectivity index (χ4n) is 3.94. The molecule has 1 saturated carbocycles. The van der Waals surface area contributed by atoms with Crippen molar-refractivity contribution in [3.05, 3.63) is 22.9 Å². The molecule has 2 saturated heterocycles. The van der Waals surface area contributed by atoms with Crippen molar-refractivity contribution in [2.75, 3.05) is 26.3 Å². The zero-order chi connectivity index (χ0) is 20.5. The smallest absolute Gasteiger partial charge is 0.277 e. The summed E-state index contributed by atoms with van der Waals surface area (Å²) in [7, 11) is 0. The van der Waals surface area contributed by atoms with Gasteiger partial charge in [0.15, 0.2) is 0 Å². The van der Waals surface area contributed by atoms with Gasteiger partial charge in [-0.2, -0.15) is 0 Å². The zero-order valence-electron chi connectivity index (χ0n) is 16.9. The molecule has 4 rings (SSSR count). The van der Waals surface area contributed by atoms with Crippen molar-refractivity contribution in [1.29, 1.82) is 0 Å². The number of rotatable bonds is 5. The van der Waals surface area contributed by atoms with Gasteiger partial charge in [0, 0.05) is 31.5 Å². The fourth-order valence-corrected chi connectivity index (χ4v) is 3.94. The maximum absolute atomic E-state index is 12.7. The molecule has 9 nitrogen and oxygen atoms in total. The zero-order valence-corrected chi connectivity index (χ0v) is 16.9. The summed E-state index contributed by atoms with van der Waals surface area (Å²) in [6.07, 6.45) is 5.52. The van der Waals surface area contributed by atoms with E-state index in [2.05, 4.69) is 22.1 Å². The minimum Gasteiger partial charge on any atom is -0.377 e. The Morgan fingerprint density at radius 1 is 1.34 bits per heavy atom. The van der Waals surface area contributed by atoms with Crippen LogP contribution >= 0.6 is 0 Å². The van der Waals surface area contributed by atoms with Gasteiger partial charge < -0.3 is 14.6 Å². The SMILES string of the molecule is CCCc1nc(C=C2NC(=O)CN(C(C)=O)C2=O)c(C2CC2)n1C1COCCN1. The molecule has 0 bridgehead atoms. The lowest BCUT2D eigenvalue weighted by atomic mass is 10.1. The highest BCUT2D eigenvalue weighted by Gasteiger charge is 2.36. The van der Waals surface area contributed by atoms with Crippen LogP contribution in [0.4, 0.5) is 0 Å². The third-order valence-corrected chi connectivity index (χ3v) is 5.41. The number of nitrogens with one attached hydrogen (secondary N) is 2. The number of imidazole rings is 1. The van der Waals surface area contributed by atoms with Crippen molar-refractivity contribution in [2.24, 2.45) is 0 Å². The van der Waals surface area contributed by atoms with E-state index in [0.29, 0.717) is 24.8 Å². The van der Waals surface area contributed by atoms with Gasteiger partial charge in [0.05, 0.1) is 18.9 Å². The number of hydrogen-bond acceptors (Lipinski definition) is 6. The first-order valence-corrected chi connectivity index (χ1v) is 10.3. The Morgan fingerprint density at radius 2 is 2.14 bits per heavy atom. The summed E-state index contributed by atoms with van der Waals surface area (Å²) in [5, 5.41) is 6.12. The van der Waals surface area contributed by atoms with Crippen molar-refractivity contribution in [3.63, 3.8) is 0 Å². The summed E-state index contributed by atoms with van der Waals surface area (Å²) in [5.41, 5.74) is 1.86. The van der Waals surface area contributed by atoms with Crippen LogP contribution in [-0.4, -0.2) is 58.5 Å². The monoisotopic (exact) mass is 401 g/mol. The lowest BCUT2D eigenvalue weighted by molar-refractivity contribution is -0.147. The largest absolute Gasteiger partial charge is 0.377 e. The maximum Gasteiger partial charge on any atom is 0.277 e. The minimum absolute atomic E-state index is 0.00548. The Balaban J connectivity index is 1.77. The highest BCUT2D eigenvalue weighted by Crippen LogP contribution is 2.43. The Morgan fingerprint density at radius 3 is 2.76 bits per heavy atom. The van der Waals surface area contributed by atoms with E-state index in [-0.39, 0.29) is 24.3 Å². The van der Waals surface area contributed by atoms with Gasteiger partial charge in [0.2, 0.25) is 11.8 Å². The molecule has 3 fully saturated rings.